The van der Waals surface area contributed by atoms with Crippen LogP contribution >= 0.6 is 0 Å². The zero-order valence-electron chi connectivity index (χ0n) is 25.9. The molecule has 4 heteroatoms. The molecule has 3 heterocycles. The number of rotatable bonds is 8. The van der Waals surface area contributed by atoms with Gasteiger partial charge in [0, 0.05) is 61.4 Å². The number of hydrogen-bond acceptors (Lipinski definition) is 4. The highest BCUT2D eigenvalue weighted by Gasteiger charge is 2.25. The van der Waals surface area contributed by atoms with Gasteiger partial charge < -0.3 is 4.90 Å². The molecule has 0 aliphatic carbocycles. The van der Waals surface area contributed by atoms with Crippen LogP contribution in [0.1, 0.15) is 46.2 Å². The Morgan fingerprint density at radius 1 is 0.674 bits per heavy atom. The maximum Gasteiger partial charge on any atom is 0.0705 e. The standard InChI is InChI=1S/C39H42N4/c1-28-10-12-36(13-11-28)43(27-33-15-19-41-39(25-33)35-22-29(2)31(4)30(3)23-35)37-16-20-42(21-17-37)26-32-14-18-40-38(24-32)34-8-6-5-7-9-34/h5-15,18-19,22-25,37H,16-17,20-21,26-27H2,1-4H3. The fourth-order valence-electron chi connectivity index (χ4n) is 6.26. The second kappa shape index (κ2) is 12.9. The Morgan fingerprint density at radius 3 is 1.95 bits per heavy atom. The summed E-state index contributed by atoms with van der Waals surface area (Å²) in [6.07, 6.45) is 6.20. The largest absolute Gasteiger partial charge is 0.364 e. The van der Waals surface area contributed by atoms with E-state index in [1.54, 1.807) is 0 Å². The first-order chi connectivity index (χ1) is 20.9. The lowest BCUT2D eigenvalue weighted by Crippen LogP contribution is -2.44. The number of anilines is 1. The van der Waals surface area contributed by atoms with Crippen molar-refractivity contribution >= 4 is 5.69 Å². The molecule has 0 unspecified atom stereocenters. The van der Waals surface area contributed by atoms with Crippen LogP contribution in [0, 0.1) is 27.7 Å². The molecule has 0 saturated carbocycles. The van der Waals surface area contributed by atoms with E-state index < -0.39 is 0 Å². The summed E-state index contributed by atoms with van der Waals surface area (Å²) in [4.78, 5) is 14.6. The van der Waals surface area contributed by atoms with Crippen LogP contribution in [0.25, 0.3) is 22.5 Å². The fraction of sp³-hybridized carbons (Fsp3) is 0.282. The highest BCUT2D eigenvalue weighted by atomic mass is 15.2. The van der Waals surface area contributed by atoms with Gasteiger partial charge in [0.05, 0.1) is 11.4 Å². The quantitative estimate of drug-likeness (QED) is 0.188. The first kappa shape index (κ1) is 28.8. The Kier molecular flexibility index (Phi) is 8.67. The molecule has 1 fully saturated rings. The Labute approximate surface area is 257 Å². The number of benzene rings is 3. The van der Waals surface area contributed by atoms with Crippen LogP contribution in [0.5, 0.6) is 0 Å². The maximum absolute atomic E-state index is 4.77. The second-order valence-corrected chi connectivity index (χ2v) is 12.2. The summed E-state index contributed by atoms with van der Waals surface area (Å²) in [7, 11) is 0. The minimum atomic E-state index is 0.483. The minimum absolute atomic E-state index is 0.483. The molecule has 6 rings (SSSR count). The molecule has 218 valence electrons. The van der Waals surface area contributed by atoms with Crippen molar-refractivity contribution in [2.75, 3.05) is 18.0 Å². The van der Waals surface area contributed by atoms with Crippen molar-refractivity contribution < 1.29 is 0 Å². The van der Waals surface area contributed by atoms with Crippen molar-refractivity contribution in [1.82, 2.24) is 14.9 Å². The number of likely N-dealkylation sites (tertiary alicyclic amines) is 1. The van der Waals surface area contributed by atoms with E-state index in [1.807, 2.05) is 12.4 Å². The molecule has 1 aliphatic heterocycles. The van der Waals surface area contributed by atoms with Crippen molar-refractivity contribution in [3.63, 3.8) is 0 Å². The molecule has 0 spiro atoms. The predicted octanol–water partition coefficient (Wildman–Crippen LogP) is 8.72. The van der Waals surface area contributed by atoms with E-state index in [0.29, 0.717) is 6.04 Å². The van der Waals surface area contributed by atoms with E-state index >= 15 is 0 Å². The second-order valence-electron chi connectivity index (χ2n) is 12.2. The van der Waals surface area contributed by atoms with Gasteiger partial charge in [0.2, 0.25) is 0 Å². The summed E-state index contributed by atoms with van der Waals surface area (Å²) >= 11 is 0. The van der Waals surface area contributed by atoms with Crippen LogP contribution in [-0.4, -0.2) is 34.0 Å². The third kappa shape index (κ3) is 6.87. The van der Waals surface area contributed by atoms with Gasteiger partial charge in [-0.1, -0.05) is 48.0 Å². The molecule has 5 aromatic rings. The summed E-state index contributed by atoms with van der Waals surface area (Å²) in [6, 6.07) is 33.4. The lowest BCUT2D eigenvalue weighted by molar-refractivity contribution is 0.201. The molecule has 2 aromatic heterocycles. The van der Waals surface area contributed by atoms with Gasteiger partial charge in [-0.15, -0.1) is 0 Å². The number of aromatic nitrogens is 2. The average Bonchev–Trinajstić information content (AvgIpc) is 3.04. The summed E-state index contributed by atoms with van der Waals surface area (Å²) in [5.41, 5.74) is 13.7. The topological polar surface area (TPSA) is 32.3 Å². The van der Waals surface area contributed by atoms with Crippen molar-refractivity contribution in [2.24, 2.45) is 0 Å². The van der Waals surface area contributed by atoms with Gasteiger partial charge in [-0.3, -0.25) is 14.9 Å². The smallest absolute Gasteiger partial charge is 0.0705 e. The Morgan fingerprint density at radius 2 is 1.28 bits per heavy atom. The number of pyridine rings is 2. The fourth-order valence-corrected chi connectivity index (χ4v) is 6.26. The predicted molar refractivity (Wildman–Crippen MR) is 179 cm³/mol. The first-order valence-corrected chi connectivity index (χ1v) is 15.5. The summed E-state index contributed by atoms with van der Waals surface area (Å²) < 4.78 is 0. The molecular formula is C39H42N4. The van der Waals surface area contributed by atoms with Crippen LogP contribution in [0.15, 0.2) is 103 Å². The number of hydrogen-bond donors (Lipinski definition) is 0. The van der Waals surface area contributed by atoms with Crippen LogP contribution in [0.3, 0.4) is 0 Å². The Balaban J connectivity index is 1.18. The van der Waals surface area contributed by atoms with E-state index in [1.165, 1.54) is 50.2 Å². The lowest BCUT2D eigenvalue weighted by Gasteiger charge is -2.40. The van der Waals surface area contributed by atoms with E-state index in [0.717, 1.165) is 50.4 Å². The van der Waals surface area contributed by atoms with Crippen molar-refractivity contribution in [2.45, 2.75) is 59.7 Å². The molecule has 1 saturated heterocycles. The molecule has 1 aliphatic rings. The molecular weight excluding hydrogens is 524 g/mol. The van der Waals surface area contributed by atoms with E-state index in [9.17, 15) is 0 Å². The van der Waals surface area contributed by atoms with E-state index in [4.69, 9.17) is 4.98 Å². The zero-order valence-corrected chi connectivity index (χ0v) is 25.9. The molecule has 3 aromatic carbocycles. The Bertz CT molecular complexity index is 1650. The van der Waals surface area contributed by atoms with Gasteiger partial charge in [0.1, 0.15) is 0 Å². The highest BCUT2D eigenvalue weighted by molar-refractivity contribution is 5.63. The summed E-state index contributed by atoms with van der Waals surface area (Å²) in [5, 5.41) is 0. The van der Waals surface area contributed by atoms with Crippen molar-refractivity contribution in [1.29, 1.82) is 0 Å². The van der Waals surface area contributed by atoms with Gasteiger partial charge in [0.25, 0.3) is 0 Å². The van der Waals surface area contributed by atoms with Gasteiger partial charge in [0.15, 0.2) is 0 Å². The van der Waals surface area contributed by atoms with Crippen LogP contribution in [0.4, 0.5) is 5.69 Å². The first-order valence-electron chi connectivity index (χ1n) is 15.5. The molecule has 0 bridgehead atoms. The third-order valence-electron chi connectivity index (χ3n) is 9.06. The molecule has 4 nitrogen and oxygen atoms in total. The van der Waals surface area contributed by atoms with Crippen LogP contribution in [-0.2, 0) is 13.1 Å². The molecule has 0 amide bonds. The third-order valence-corrected chi connectivity index (χ3v) is 9.06. The SMILES string of the molecule is Cc1ccc(N(Cc2ccnc(-c3cc(C)c(C)c(C)c3)c2)C2CCN(Cc3ccnc(-c4ccccc4)c3)CC2)cc1. The van der Waals surface area contributed by atoms with Gasteiger partial charge in [-0.25, -0.2) is 0 Å². The maximum atomic E-state index is 4.77. The monoisotopic (exact) mass is 566 g/mol. The molecule has 43 heavy (non-hydrogen) atoms. The van der Waals surface area contributed by atoms with Crippen molar-refractivity contribution in [3.8, 4) is 22.5 Å². The Hall–Kier alpha value is -4.28. The molecule has 0 radical (unpaired) electrons. The van der Waals surface area contributed by atoms with E-state index in [-0.39, 0.29) is 0 Å². The number of piperidine rings is 1. The highest BCUT2D eigenvalue weighted by Crippen LogP contribution is 2.29. The van der Waals surface area contributed by atoms with Crippen LogP contribution in [0.2, 0.25) is 0 Å². The molecule has 0 N–H and O–H groups in total. The van der Waals surface area contributed by atoms with Crippen molar-refractivity contribution in [3.05, 3.63) is 137 Å². The summed E-state index contributed by atoms with van der Waals surface area (Å²) in [5.74, 6) is 0. The van der Waals surface area contributed by atoms with Crippen LogP contribution < -0.4 is 4.90 Å². The summed E-state index contributed by atoms with van der Waals surface area (Å²) in [6.45, 7) is 12.7. The van der Waals surface area contributed by atoms with Gasteiger partial charge in [-0.05, 0) is 117 Å². The number of nitrogens with zero attached hydrogens (tertiary/aromatic N) is 4. The minimum Gasteiger partial charge on any atom is -0.364 e. The van der Waals surface area contributed by atoms with Gasteiger partial charge >= 0.3 is 0 Å². The number of aryl methyl sites for hydroxylation is 3. The van der Waals surface area contributed by atoms with Gasteiger partial charge in [-0.2, -0.15) is 0 Å². The molecule has 0 atom stereocenters. The average molecular weight is 567 g/mol. The van der Waals surface area contributed by atoms with E-state index in [2.05, 4.69) is 133 Å². The lowest BCUT2D eigenvalue weighted by atomic mass is 9.97. The zero-order chi connectivity index (χ0) is 29.8. The normalized spacial score (nSPS) is 14.1.